The van der Waals surface area contributed by atoms with Crippen molar-refractivity contribution in [2.24, 2.45) is 20.6 Å². The molecule has 0 aliphatic rings. The number of phenolic OH excluding ortho intramolecular Hbond substituents is 4. The first-order chi connectivity index (χ1) is 22.2. The van der Waals surface area contributed by atoms with Crippen molar-refractivity contribution in [3.05, 3.63) is 88.7 Å². The predicted molar refractivity (Wildman–Crippen MR) is 188 cm³/mol. The van der Waals surface area contributed by atoms with Gasteiger partial charge in [-0.2, -0.15) is 0 Å². The van der Waals surface area contributed by atoms with Crippen LogP contribution in [0.4, 0.5) is 0 Å². The lowest BCUT2D eigenvalue weighted by Gasteiger charge is -2.11. The highest BCUT2D eigenvalue weighted by atomic mass is 79.9. The van der Waals surface area contributed by atoms with Crippen LogP contribution in [-0.2, 0) is 19.4 Å². The highest BCUT2D eigenvalue weighted by Crippen LogP contribution is 2.38. The van der Waals surface area contributed by atoms with Gasteiger partial charge in [-0.05, 0) is 66.9 Å². The summed E-state index contributed by atoms with van der Waals surface area (Å²) in [6.45, 7) is 0.185. The molecule has 0 saturated carbocycles. The molecular formula is C30H24Br4N4O8. The molecule has 0 radical (unpaired) electrons. The van der Waals surface area contributed by atoms with Gasteiger partial charge in [-0.25, -0.2) is 0 Å². The Labute approximate surface area is 296 Å². The molecule has 0 heterocycles. The third kappa shape index (κ3) is 9.34. The van der Waals surface area contributed by atoms with Crippen LogP contribution in [0, 0.1) is 0 Å². The largest absolute Gasteiger partial charge is 0.506 e. The Balaban J connectivity index is 1.30. The summed E-state index contributed by atoms with van der Waals surface area (Å²) in [6.07, 6.45) is 5.27. The summed E-state index contributed by atoms with van der Waals surface area (Å²) in [6, 6.07) is 13.8. The van der Waals surface area contributed by atoms with Crippen molar-refractivity contribution < 1.29 is 39.8 Å². The first kappa shape index (κ1) is 35.0. The minimum atomic E-state index is -0.423. The average Bonchev–Trinajstić information content (AvgIpc) is 3.03. The number of halogens is 4. The van der Waals surface area contributed by atoms with Crippen molar-refractivity contribution in [1.82, 2.24) is 0 Å². The lowest BCUT2D eigenvalue weighted by atomic mass is 9.98. The number of aromatic hydroxyl groups is 4. The second-order valence-electron chi connectivity index (χ2n) is 8.99. The number of hydrogen-bond donors (Lipinski definition) is 4. The van der Waals surface area contributed by atoms with E-state index >= 15 is 0 Å². The van der Waals surface area contributed by atoms with E-state index < -0.39 is 11.5 Å². The smallest absolute Gasteiger partial charge is 0.167 e. The molecule has 4 aromatic carbocycles. The van der Waals surface area contributed by atoms with E-state index in [4.69, 9.17) is 19.4 Å². The van der Waals surface area contributed by atoms with E-state index in [9.17, 15) is 20.4 Å². The van der Waals surface area contributed by atoms with Crippen LogP contribution in [0.2, 0.25) is 0 Å². The summed E-state index contributed by atoms with van der Waals surface area (Å²) in [4.78, 5) is 20.7. The second kappa shape index (κ2) is 17.2. The second-order valence-corrected chi connectivity index (χ2v) is 12.5. The minimum Gasteiger partial charge on any atom is -0.506 e. The molecule has 0 aromatic heterocycles. The van der Waals surface area contributed by atoms with Gasteiger partial charge in [0.2, 0.25) is 0 Å². The summed E-state index contributed by atoms with van der Waals surface area (Å²) in [5.41, 5.74) is 1.36. The van der Waals surface area contributed by atoms with Crippen LogP contribution >= 0.6 is 63.7 Å². The third-order valence-electron chi connectivity index (χ3n) is 5.93. The maximum Gasteiger partial charge on any atom is 0.167 e. The van der Waals surface area contributed by atoms with Gasteiger partial charge in [-0.3, -0.25) is 0 Å². The third-order valence-corrected chi connectivity index (χ3v) is 8.06. The van der Waals surface area contributed by atoms with Crippen molar-refractivity contribution in [2.75, 3.05) is 26.4 Å². The average molecular weight is 888 g/mol. The van der Waals surface area contributed by atoms with E-state index in [1.165, 1.54) is 24.9 Å². The number of phenols is 4. The highest BCUT2D eigenvalue weighted by molar-refractivity contribution is 9.11. The van der Waals surface area contributed by atoms with E-state index in [0.717, 1.165) is 8.95 Å². The van der Waals surface area contributed by atoms with Crippen LogP contribution in [0.15, 0.2) is 87.0 Å². The Bertz CT molecular complexity index is 1690. The zero-order valence-corrected chi connectivity index (χ0v) is 29.8. The fourth-order valence-electron chi connectivity index (χ4n) is 3.82. The first-order valence-corrected chi connectivity index (χ1v) is 16.3. The molecular weight excluding hydrogens is 864 g/mol. The Kier molecular flexibility index (Phi) is 13.1. The molecule has 4 rings (SSSR count). The van der Waals surface area contributed by atoms with E-state index in [0.29, 0.717) is 30.8 Å². The van der Waals surface area contributed by atoms with E-state index in [1.807, 2.05) is 0 Å². The summed E-state index contributed by atoms with van der Waals surface area (Å²) < 4.78 is 2.53. The molecule has 0 spiro atoms. The molecule has 240 valence electrons. The maximum absolute atomic E-state index is 10.7. The normalized spacial score (nSPS) is 11.8. The van der Waals surface area contributed by atoms with Gasteiger partial charge in [0.25, 0.3) is 0 Å². The molecule has 4 aromatic rings. The monoisotopic (exact) mass is 884 g/mol. The number of rotatable bonds is 14. The van der Waals surface area contributed by atoms with Crippen molar-refractivity contribution in [3.63, 3.8) is 0 Å². The van der Waals surface area contributed by atoms with Crippen LogP contribution in [0.5, 0.6) is 23.0 Å². The molecule has 12 nitrogen and oxygen atoms in total. The topological polar surface area (TPSA) is 167 Å². The van der Waals surface area contributed by atoms with E-state index in [2.05, 4.69) is 84.3 Å². The maximum atomic E-state index is 10.7. The van der Waals surface area contributed by atoms with E-state index in [-0.39, 0.29) is 49.1 Å². The van der Waals surface area contributed by atoms with Crippen molar-refractivity contribution in [1.29, 1.82) is 0 Å². The SMILES string of the molecule is Oc1c(Br)cc(Br)cc1/C=N/OCCO/N=C/c1c(O)c(O)c(/C=N/OCCO/N=C/c2cc(Br)cc(Br)c2O)c2ccccc12. The first-order valence-electron chi connectivity index (χ1n) is 13.1. The number of oxime groups is 4. The molecule has 0 atom stereocenters. The molecule has 0 amide bonds. The van der Waals surface area contributed by atoms with Gasteiger partial charge in [-0.1, -0.05) is 76.7 Å². The van der Waals surface area contributed by atoms with Crippen molar-refractivity contribution in [3.8, 4) is 23.0 Å². The highest BCUT2D eigenvalue weighted by Gasteiger charge is 2.17. The minimum absolute atomic E-state index is 0.0253. The molecule has 0 unspecified atom stereocenters. The van der Waals surface area contributed by atoms with E-state index in [1.54, 1.807) is 48.5 Å². The summed E-state index contributed by atoms with van der Waals surface area (Å²) in [7, 11) is 0. The lowest BCUT2D eigenvalue weighted by molar-refractivity contribution is 0.0553. The molecule has 0 bridgehead atoms. The fourth-order valence-corrected chi connectivity index (χ4v) is 6.34. The summed E-state index contributed by atoms with van der Waals surface area (Å²) in [5, 5.41) is 58.1. The molecule has 4 N–H and O–H groups in total. The van der Waals surface area contributed by atoms with Gasteiger partial charge >= 0.3 is 0 Å². The van der Waals surface area contributed by atoms with Crippen LogP contribution in [0.25, 0.3) is 10.8 Å². The zero-order chi connectivity index (χ0) is 33.1. The van der Waals surface area contributed by atoms with Gasteiger partial charge in [0.15, 0.2) is 37.9 Å². The molecule has 0 aliphatic carbocycles. The Morgan fingerprint density at radius 2 is 0.848 bits per heavy atom. The van der Waals surface area contributed by atoms with Crippen molar-refractivity contribution in [2.45, 2.75) is 0 Å². The van der Waals surface area contributed by atoms with Crippen molar-refractivity contribution >= 4 is 99.4 Å². The standard InChI is InChI=1S/C30H24Br4N4O8/c31-19-9-17(27(39)25(33)11-19)13-35-43-5-7-45-37-15-23-21-3-1-2-4-22(21)24(30(42)29(23)41)16-38-46-8-6-44-36-14-18-10-20(32)12-26(34)28(18)40/h1-4,9-16,39-42H,5-8H2/b35-13+,36-14+,37-15+,38-16+. The number of nitrogens with zero attached hydrogens (tertiary/aromatic N) is 4. The molecule has 16 heteroatoms. The van der Waals surface area contributed by atoms with Crippen LogP contribution < -0.4 is 0 Å². The molecule has 0 aliphatic heterocycles. The fraction of sp³-hybridized carbons (Fsp3) is 0.133. The van der Waals surface area contributed by atoms with Crippen LogP contribution in [0.1, 0.15) is 22.3 Å². The lowest BCUT2D eigenvalue weighted by Crippen LogP contribution is -2.00. The number of hydrogen-bond acceptors (Lipinski definition) is 12. The number of benzene rings is 4. The predicted octanol–water partition coefficient (Wildman–Crippen LogP) is 7.51. The molecule has 0 fully saturated rings. The Morgan fingerprint density at radius 3 is 1.22 bits per heavy atom. The van der Waals surface area contributed by atoms with Crippen LogP contribution in [-0.4, -0.2) is 71.7 Å². The zero-order valence-electron chi connectivity index (χ0n) is 23.5. The quantitative estimate of drug-likeness (QED) is 0.0437. The van der Waals surface area contributed by atoms with Crippen LogP contribution in [0.3, 0.4) is 0 Å². The summed E-state index contributed by atoms with van der Waals surface area (Å²) >= 11 is 13.2. The molecule has 0 saturated heterocycles. The molecule has 46 heavy (non-hydrogen) atoms. The number of fused-ring (bicyclic) bond motifs is 1. The van der Waals surface area contributed by atoms with Gasteiger partial charge < -0.3 is 39.8 Å². The van der Waals surface area contributed by atoms with Gasteiger partial charge in [-0.15, -0.1) is 0 Å². The van der Waals surface area contributed by atoms with Gasteiger partial charge in [0.05, 0.1) is 33.8 Å². The van der Waals surface area contributed by atoms with Gasteiger partial charge in [0.1, 0.15) is 11.5 Å². The Hall–Kier alpha value is -3.86. The van der Waals surface area contributed by atoms with Gasteiger partial charge in [0, 0.05) is 31.2 Å². The summed E-state index contributed by atoms with van der Waals surface area (Å²) in [5.74, 6) is -0.795. The Morgan fingerprint density at radius 1 is 0.500 bits per heavy atom.